The zero-order valence-corrected chi connectivity index (χ0v) is 14.6. The second-order valence-electron chi connectivity index (χ2n) is 5.69. The van der Waals surface area contributed by atoms with Crippen LogP contribution in [-0.4, -0.2) is 52.5 Å². The number of morpholine rings is 1. The molecule has 0 aliphatic carbocycles. The predicted molar refractivity (Wildman–Crippen MR) is 94.2 cm³/mol. The second-order valence-corrected chi connectivity index (χ2v) is 6.45. The lowest BCUT2D eigenvalue weighted by molar-refractivity contribution is -0.136. The Kier molecular flexibility index (Phi) is 5.77. The molecule has 7 heteroatoms. The van der Waals surface area contributed by atoms with Crippen LogP contribution in [0.5, 0.6) is 0 Å². The van der Waals surface area contributed by atoms with E-state index in [9.17, 15) is 4.79 Å². The molecule has 1 unspecified atom stereocenters. The normalized spacial score (nSPS) is 16.0. The molecule has 3 rings (SSSR count). The Hall–Kier alpha value is -1.99. The Morgan fingerprint density at radius 1 is 1.33 bits per heavy atom. The van der Waals surface area contributed by atoms with Crippen molar-refractivity contribution in [3.63, 3.8) is 0 Å². The molecule has 0 bridgehead atoms. The smallest absolute Gasteiger partial charge is 0.245 e. The molecule has 1 fully saturated rings. The highest BCUT2D eigenvalue weighted by Gasteiger charge is 2.27. The summed E-state index contributed by atoms with van der Waals surface area (Å²) in [5, 5.41) is 4.00. The number of anilines is 1. The standard InChI is InChI=1S/C17H22N4O2S/c1-2-15-19-17(24-20-15)18-14(12-13-6-4-3-5-7-13)16(22)21-8-10-23-11-9-21/h3-7,14H,2,8-12H2,1H3,(H,18,19,20). The SMILES string of the molecule is CCc1nsc(NC(Cc2ccccc2)C(=O)N2CCOCC2)n1. The number of carbonyl (C=O) groups excluding carboxylic acids is 1. The maximum atomic E-state index is 12.9. The van der Waals surface area contributed by atoms with Crippen LogP contribution in [0.25, 0.3) is 0 Å². The molecule has 2 aromatic rings. The third-order valence-electron chi connectivity index (χ3n) is 3.99. The molecule has 0 saturated carbocycles. The van der Waals surface area contributed by atoms with Crippen molar-refractivity contribution in [1.82, 2.24) is 14.3 Å². The van der Waals surface area contributed by atoms with Crippen molar-refractivity contribution in [3.05, 3.63) is 41.7 Å². The number of rotatable bonds is 6. The summed E-state index contributed by atoms with van der Waals surface area (Å²) in [5.74, 6) is 0.898. The Labute approximate surface area is 146 Å². The number of nitrogens with one attached hydrogen (secondary N) is 1. The van der Waals surface area contributed by atoms with Crippen molar-refractivity contribution in [2.75, 3.05) is 31.6 Å². The molecule has 0 radical (unpaired) electrons. The summed E-state index contributed by atoms with van der Waals surface area (Å²) >= 11 is 1.31. The van der Waals surface area contributed by atoms with Crippen LogP contribution in [0.4, 0.5) is 5.13 Å². The van der Waals surface area contributed by atoms with Gasteiger partial charge in [-0.3, -0.25) is 4.79 Å². The first-order valence-electron chi connectivity index (χ1n) is 8.26. The third kappa shape index (κ3) is 4.30. The third-order valence-corrected chi connectivity index (χ3v) is 4.67. The first-order valence-corrected chi connectivity index (χ1v) is 9.03. The molecule has 0 spiro atoms. The summed E-state index contributed by atoms with van der Waals surface area (Å²) in [6.07, 6.45) is 1.41. The van der Waals surface area contributed by atoms with E-state index in [0.717, 1.165) is 17.8 Å². The van der Waals surface area contributed by atoms with Crippen molar-refractivity contribution in [2.45, 2.75) is 25.8 Å². The fourth-order valence-corrected chi connectivity index (χ4v) is 3.36. The Bertz CT molecular complexity index is 656. The van der Waals surface area contributed by atoms with Gasteiger partial charge >= 0.3 is 0 Å². The minimum atomic E-state index is -0.344. The summed E-state index contributed by atoms with van der Waals surface area (Å²) < 4.78 is 9.64. The first-order chi connectivity index (χ1) is 11.8. The number of aromatic nitrogens is 2. The van der Waals surface area contributed by atoms with Gasteiger partial charge < -0.3 is 15.0 Å². The summed E-state index contributed by atoms with van der Waals surface area (Å²) in [5.41, 5.74) is 1.12. The molecule has 1 saturated heterocycles. The van der Waals surface area contributed by atoms with Gasteiger partial charge in [0.1, 0.15) is 11.9 Å². The molecule has 6 nitrogen and oxygen atoms in total. The van der Waals surface area contributed by atoms with Crippen molar-refractivity contribution in [1.29, 1.82) is 0 Å². The Morgan fingerprint density at radius 3 is 2.75 bits per heavy atom. The van der Waals surface area contributed by atoms with Crippen LogP contribution in [-0.2, 0) is 22.4 Å². The Balaban J connectivity index is 1.75. The predicted octanol–water partition coefficient (Wildman–Crippen LogP) is 1.98. The molecule has 1 aromatic carbocycles. The van der Waals surface area contributed by atoms with Crippen molar-refractivity contribution in [2.24, 2.45) is 0 Å². The lowest BCUT2D eigenvalue weighted by Gasteiger charge is -2.30. The van der Waals surface area contributed by atoms with E-state index in [1.807, 2.05) is 42.2 Å². The van der Waals surface area contributed by atoms with Gasteiger partial charge in [-0.05, 0) is 5.56 Å². The number of hydrogen-bond donors (Lipinski definition) is 1. The second kappa shape index (κ2) is 8.21. The largest absolute Gasteiger partial charge is 0.378 e. The lowest BCUT2D eigenvalue weighted by atomic mass is 10.0. The topological polar surface area (TPSA) is 67.4 Å². The molecule has 1 N–H and O–H groups in total. The molecule has 24 heavy (non-hydrogen) atoms. The van der Waals surface area contributed by atoms with Crippen molar-refractivity contribution in [3.8, 4) is 0 Å². The van der Waals surface area contributed by atoms with E-state index in [2.05, 4.69) is 14.7 Å². The zero-order valence-electron chi connectivity index (χ0n) is 13.8. The van der Waals surface area contributed by atoms with E-state index in [4.69, 9.17) is 4.74 Å². The molecule has 1 aliphatic rings. The minimum Gasteiger partial charge on any atom is -0.378 e. The number of nitrogens with zero attached hydrogens (tertiary/aromatic N) is 3. The maximum absolute atomic E-state index is 12.9. The van der Waals surface area contributed by atoms with Crippen LogP contribution in [0.15, 0.2) is 30.3 Å². The highest BCUT2D eigenvalue weighted by molar-refractivity contribution is 7.09. The summed E-state index contributed by atoms with van der Waals surface area (Å²) in [4.78, 5) is 19.3. The quantitative estimate of drug-likeness (QED) is 0.866. The molecule has 1 atom stereocenters. The number of amides is 1. The van der Waals surface area contributed by atoms with E-state index >= 15 is 0 Å². The van der Waals surface area contributed by atoms with E-state index in [0.29, 0.717) is 37.9 Å². The highest BCUT2D eigenvalue weighted by atomic mass is 32.1. The maximum Gasteiger partial charge on any atom is 0.245 e. The first kappa shape index (κ1) is 16.9. The van der Waals surface area contributed by atoms with Crippen LogP contribution in [0.1, 0.15) is 18.3 Å². The van der Waals surface area contributed by atoms with E-state index in [-0.39, 0.29) is 11.9 Å². The van der Waals surface area contributed by atoms with Crippen LogP contribution >= 0.6 is 11.5 Å². The van der Waals surface area contributed by atoms with E-state index in [1.54, 1.807) is 0 Å². The molecular weight excluding hydrogens is 324 g/mol. The van der Waals surface area contributed by atoms with Crippen molar-refractivity contribution < 1.29 is 9.53 Å². The van der Waals surface area contributed by atoms with Crippen LogP contribution < -0.4 is 5.32 Å². The van der Waals surface area contributed by atoms with Gasteiger partial charge in [-0.15, -0.1) is 0 Å². The lowest BCUT2D eigenvalue weighted by Crippen LogP contribution is -2.48. The summed E-state index contributed by atoms with van der Waals surface area (Å²) in [7, 11) is 0. The number of aryl methyl sites for hydroxylation is 1. The fraction of sp³-hybridized carbons (Fsp3) is 0.471. The Morgan fingerprint density at radius 2 is 2.08 bits per heavy atom. The van der Waals surface area contributed by atoms with Gasteiger partial charge in [0, 0.05) is 37.5 Å². The zero-order chi connectivity index (χ0) is 16.8. The monoisotopic (exact) mass is 346 g/mol. The van der Waals surface area contributed by atoms with Crippen LogP contribution in [0, 0.1) is 0 Å². The molecule has 1 aliphatic heterocycles. The van der Waals surface area contributed by atoms with Crippen molar-refractivity contribution >= 4 is 22.6 Å². The fourth-order valence-electron chi connectivity index (χ4n) is 2.66. The van der Waals surface area contributed by atoms with Gasteiger partial charge in [-0.25, -0.2) is 4.98 Å². The van der Waals surface area contributed by atoms with E-state index < -0.39 is 0 Å². The van der Waals surface area contributed by atoms with Crippen LogP contribution in [0.3, 0.4) is 0 Å². The van der Waals surface area contributed by atoms with Gasteiger partial charge in [-0.2, -0.15) is 4.37 Å². The highest BCUT2D eigenvalue weighted by Crippen LogP contribution is 2.16. The summed E-state index contributed by atoms with van der Waals surface area (Å²) in [6.45, 7) is 4.50. The number of carbonyl (C=O) groups is 1. The van der Waals surface area contributed by atoms with Crippen LogP contribution in [0.2, 0.25) is 0 Å². The van der Waals surface area contributed by atoms with Gasteiger partial charge in [0.05, 0.1) is 13.2 Å². The summed E-state index contributed by atoms with van der Waals surface area (Å²) in [6, 6.07) is 9.70. The average Bonchev–Trinajstić information content (AvgIpc) is 3.10. The molecular formula is C17H22N4O2S. The molecule has 1 amide bonds. The molecule has 2 heterocycles. The number of ether oxygens (including phenoxy) is 1. The molecule has 1 aromatic heterocycles. The molecule has 128 valence electrons. The van der Waals surface area contributed by atoms with Gasteiger partial charge in [0.25, 0.3) is 0 Å². The average molecular weight is 346 g/mol. The number of benzene rings is 1. The van der Waals surface area contributed by atoms with Gasteiger partial charge in [0.15, 0.2) is 0 Å². The number of hydrogen-bond acceptors (Lipinski definition) is 6. The minimum absolute atomic E-state index is 0.0930. The van der Waals surface area contributed by atoms with Gasteiger partial charge in [0.2, 0.25) is 11.0 Å². The van der Waals surface area contributed by atoms with E-state index in [1.165, 1.54) is 11.5 Å². The van der Waals surface area contributed by atoms with Gasteiger partial charge in [-0.1, -0.05) is 37.3 Å².